The molecular formula is C22H34. The molecule has 0 bridgehead atoms. The molecule has 0 aliphatic rings. The van der Waals surface area contributed by atoms with E-state index in [0.29, 0.717) is 0 Å². The summed E-state index contributed by atoms with van der Waals surface area (Å²) < 4.78 is 0. The van der Waals surface area contributed by atoms with Crippen molar-refractivity contribution in [3.63, 3.8) is 0 Å². The van der Waals surface area contributed by atoms with Crippen LogP contribution in [0.5, 0.6) is 0 Å². The minimum Gasteiger partial charge on any atom is -0.0683 e. The minimum atomic E-state index is 0.222. The monoisotopic (exact) mass is 298 g/mol. The molecule has 0 aromatic heterocycles. The van der Waals surface area contributed by atoms with Gasteiger partial charge in [0.1, 0.15) is 0 Å². The predicted octanol–water partition coefficient (Wildman–Crippen LogP) is 7.32. The number of hydrogen-bond acceptors (Lipinski definition) is 0. The number of hydrogen-bond donors (Lipinski definition) is 0. The lowest BCUT2D eigenvalue weighted by Gasteiger charge is -2.19. The third kappa shape index (κ3) is 5.33. The van der Waals surface area contributed by atoms with Crippen molar-refractivity contribution in [1.29, 1.82) is 0 Å². The van der Waals surface area contributed by atoms with Crippen LogP contribution in [0.1, 0.15) is 65.2 Å². The second-order valence-corrected chi connectivity index (χ2v) is 6.07. The predicted molar refractivity (Wildman–Crippen MR) is 103 cm³/mol. The van der Waals surface area contributed by atoms with Gasteiger partial charge in [-0.1, -0.05) is 90.9 Å². The first-order chi connectivity index (χ1) is 10.4. The molecule has 0 heterocycles. The van der Waals surface area contributed by atoms with Gasteiger partial charge in [0.15, 0.2) is 0 Å². The van der Waals surface area contributed by atoms with E-state index in [1.807, 2.05) is 27.7 Å². The summed E-state index contributed by atoms with van der Waals surface area (Å²) in [6, 6.07) is 15.5. The van der Waals surface area contributed by atoms with E-state index in [4.69, 9.17) is 0 Å². The van der Waals surface area contributed by atoms with Crippen LogP contribution in [0.4, 0.5) is 0 Å². The lowest BCUT2D eigenvalue weighted by molar-refractivity contribution is 0.590. The summed E-state index contributed by atoms with van der Waals surface area (Å²) >= 11 is 0. The third-order valence-electron chi connectivity index (χ3n) is 3.67. The molecule has 0 aliphatic carbocycles. The maximum atomic E-state index is 2.25. The Morgan fingerprint density at radius 1 is 0.682 bits per heavy atom. The van der Waals surface area contributed by atoms with Gasteiger partial charge in [-0.05, 0) is 47.1 Å². The fourth-order valence-corrected chi connectivity index (χ4v) is 2.21. The fraction of sp³-hybridized carbons (Fsp3) is 0.455. The van der Waals surface area contributed by atoms with Crippen molar-refractivity contribution in [3.8, 4) is 11.1 Å². The first-order valence-electron chi connectivity index (χ1n) is 8.57. The normalized spacial score (nSPS) is 10.0. The van der Waals surface area contributed by atoms with Crippen molar-refractivity contribution in [3.05, 3.63) is 59.2 Å². The molecular weight excluding hydrogens is 264 g/mol. The Hall–Kier alpha value is -1.56. The maximum absolute atomic E-state index is 2.25. The van der Waals surface area contributed by atoms with Crippen molar-refractivity contribution in [1.82, 2.24) is 0 Å². The first kappa shape index (κ1) is 20.4. The van der Waals surface area contributed by atoms with Gasteiger partial charge in [-0.15, -0.1) is 0 Å². The lowest BCUT2D eigenvalue weighted by atomic mass is 9.86. The molecule has 0 N–H and O–H groups in total. The molecule has 0 aliphatic heterocycles. The molecule has 0 heteroatoms. The van der Waals surface area contributed by atoms with E-state index in [-0.39, 0.29) is 5.41 Å². The molecule has 2 aromatic carbocycles. The Morgan fingerprint density at radius 3 is 1.64 bits per heavy atom. The van der Waals surface area contributed by atoms with Crippen LogP contribution in [-0.4, -0.2) is 0 Å². The minimum absolute atomic E-state index is 0.222. The summed E-state index contributed by atoms with van der Waals surface area (Å²) in [6.07, 6.45) is 0. The van der Waals surface area contributed by atoms with Gasteiger partial charge in [0.05, 0.1) is 0 Å². The second kappa shape index (κ2) is 9.46. The largest absolute Gasteiger partial charge is 0.0683 e. The topological polar surface area (TPSA) is 0 Å². The average Bonchev–Trinajstić information content (AvgIpc) is 2.53. The van der Waals surface area contributed by atoms with Crippen LogP contribution in [0.15, 0.2) is 42.5 Å². The molecule has 0 amide bonds. The standard InChI is InChI=1S/C18H22.2C2H6/c1-13-7-6-8-17(14(13)2)15-9-11-16(12-10-15)18(3,4)5;2*1-2/h6-12H,1-5H3;2*1-2H3. The van der Waals surface area contributed by atoms with Crippen LogP contribution < -0.4 is 0 Å². The number of rotatable bonds is 1. The van der Waals surface area contributed by atoms with E-state index >= 15 is 0 Å². The number of benzene rings is 2. The van der Waals surface area contributed by atoms with Gasteiger partial charge in [-0.2, -0.15) is 0 Å². The number of aryl methyl sites for hydroxylation is 1. The van der Waals surface area contributed by atoms with E-state index in [9.17, 15) is 0 Å². The first-order valence-corrected chi connectivity index (χ1v) is 8.57. The van der Waals surface area contributed by atoms with Gasteiger partial charge in [0.2, 0.25) is 0 Å². The van der Waals surface area contributed by atoms with E-state index < -0.39 is 0 Å². The SMILES string of the molecule is CC.CC.Cc1cccc(-c2ccc(C(C)(C)C)cc2)c1C. The molecule has 0 radical (unpaired) electrons. The summed E-state index contributed by atoms with van der Waals surface area (Å²) in [5, 5.41) is 0. The average molecular weight is 299 g/mol. The van der Waals surface area contributed by atoms with E-state index in [2.05, 4.69) is 77.1 Å². The Bertz CT molecular complexity index is 539. The maximum Gasteiger partial charge on any atom is -0.0132 e. The summed E-state index contributed by atoms with van der Waals surface area (Å²) in [5.41, 5.74) is 6.99. The molecule has 0 spiro atoms. The van der Waals surface area contributed by atoms with Crippen LogP contribution in [0.3, 0.4) is 0 Å². The highest BCUT2D eigenvalue weighted by molar-refractivity contribution is 5.68. The van der Waals surface area contributed by atoms with Crippen LogP contribution in [-0.2, 0) is 5.41 Å². The van der Waals surface area contributed by atoms with Gasteiger partial charge in [-0.3, -0.25) is 0 Å². The van der Waals surface area contributed by atoms with Crippen LogP contribution in [0.2, 0.25) is 0 Å². The molecule has 0 atom stereocenters. The molecule has 0 unspecified atom stereocenters. The molecule has 122 valence electrons. The zero-order valence-corrected chi connectivity index (χ0v) is 16.0. The van der Waals surface area contributed by atoms with E-state index in [1.165, 1.54) is 27.8 Å². The summed E-state index contributed by atoms with van der Waals surface area (Å²) in [6.45, 7) is 19.1. The van der Waals surface area contributed by atoms with Gasteiger partial charge in [0, 0.05) is 0 Å². The molecule has 0 saturated heterocycles. The summed E-state index contributed by atoms with van der Waals surface area (Å²) in [5.74, 6) is 0. The van der Waals surface area contributed by atoms with Crippen molar-refractivity contribution in [2.45, 2.75) is 67.7 Å². The quantitative estimate of drug-likeness (QED) is 0.517. The second-order valence-electron chi connectivity index (χ2n) is 6.07. The highest BCUT2D eigenvalue weighted by atomic mass is 14.2. The highest BCUT2D eigenvalue weighted by Crippen LogP contribution is 2.28. The zero-order valence-electron chi connectivity index (χ0n) is 16.0. The lowest BCUT2D eigenvalue weighted by Crippen LogP contribution is -2.10. The van der Waals surface area contributed by atoms with Crippen molar-refractivity contribution in [2.24, 2.45) is 0 Å². The molecule has 0 nitrogen and oxygen atoms in total. The van der Waals surface area contributed by atoms with Crippen molar-refractivity contribution < 1.29 is 0 Å². The van der Waals surface area contributed by atoms with Gasteiger partial charge in [-0.25, -0.2) is 0 Å². The van der Waals surface area contributed by atoms with E-state index in [0.717, 1.165) is 0 Å². The van der Waals surface area contributed by atoms with Crippen LogP contribution in [0.25, 0.3) is 11.1 Å². The van der Waals surface area contributed by atoms with Crippen molar-refractivity contribution in [2.75, 3.05) is 0 Å². The van der Waals surface area contributed by atoms with Crippen LogP contribution >= 0.6 is 0 Å². The van der Waals surface area contributed by atoms with Crippen LogP contribution in [0, 0.1) is 13.8 Å². The molecule has 22 heavy (non-hydrogen) atoms. The summed E-state index contributed by atoms with van der Waals surface area (Å²) in [7, 11) is 0. The van der Waals surface area contributed by atoms with Gasteiger partial charge in [0.25, 0.3) is 0 Å². The summed E-state index contributed by atoms with van der Waals surface area (Å²) in [4.78, 5) is 0. The Labute approximate surface area is 138 Å². The van der Waals surface area contributed by atoms with Crippen molar-refractivity contribution >= 4 is 0 Å². The Morgan fingerprint density at radius 2 is 1.18 bits per heavy atom. The van der Waals surface area contributed by atoms with Gasteiger partial charge >= 0.3 is 0 Å². The molecule has 2 aromatic rings. The Kier molecular flexibility index (Phi) is 8.79. The molecule has 2 rings (SSSR count). The fourth-order valence-electron chi connectivity index (χ4n) is 2.21. The molecule has 0 fully saturated rings. The molecule has 0 saturated carbocycles. The van der Waals surface area contributed by atoms with Gasteiger partial charge < -0.3 is 0 Å². The highest BCUT2D eigenvalue weighted by Gasteiger charge is 2.13. The smallest absolute Gasteiger partial charge is 0.0132 e. The zero-order chi connectivity index (χ0) is 17.3. The third-order valence-corrected chi connectivity index (χ3v) is 3.67. The van der Waals surface area contributed by atoms with E-state index in [1.54, 1.807) is 0 Å². The Balaban J connectivity index is 0.00000102.